The van der Waals surface area contributed by atoms with Gasteiger partial charge in [-0.3, -0.25) is 0 Å². The molecule has 1 aliphatic rings. The fourth-order valence-electron chi connectivity index (χ4n) is 2.70. The minimum Gasteiger partial charge on any atom is -0.388 e. The van der Waals surface area contributed by atoms with Crippen LogP contribution in [0.2, 0.25) is 0 Å². The molecule has 0 aliphatic carbocycles. The molecule has 0 amide bonds. The first-order valence-electron chi connectivity index (χ1n) is 6.28. The van der Waals surface area contributed by atoms with E-state index in [9.17, 15) is 23.2 Å². The molecule has 0 bridgehead atoms. The zero-order valence-corrected chi connectivity index (χ0v) is 12.0. The Labute approximate surface area is 117 Å². The summed E-state index contributed by atoms with van der Waals surface area (Å²) in [5.41, 5.74) is -2.33. The summed E-state index contributed by atoms with van der Waals surface area (Å²) in [5, 5.41) is 20.0. The van der Waals surface area contributed by atoms with Crippen molar-refractivity contribution in [1.29, 1.82) is 5.26 Å². The third-order valence-corrected chi connectivity index (χ3v) is 5.75. The average molecular weight is 297 g/mol. The summed E-state index contributed by atoms with van der Waals surface area (Å²) in [7, 11) is -3.31. The van der Waals surface area contributed by atoms with Crippen LogP contribution in [0.25, 0.3) is 0 Å². The van der Waals surface area contributed by atoms with Gasteiger partial charge in [0.2, 0.25) is 0 Å². The van der Waals surface area contributed by atoms with Gasteiger partial charge in [0.1, 0.15) is 11.2 Å². The maximum Gasteiger partial charge on any atom is 0.152 e. The summed E-state index contributed by atoms with van der Waals surface area (Å²) in [5.74, 6) is -0.873. The van der Waals surface area contributed by atoms with E-state index in [4.69, 9.17) is 0 Å². The van der Waals surface area contributed by atoms with E-state index in [2.05, 4.69) is 0 Å². The highest BCUT2D eigenvalue weighted by Crippen LogP contribution is 2.43. The Morgan fingerprint density at radius 3 is 2.75 bits per heavy atom. The van der Waals surface area contributed by atoms with Gasteiger partial charge in [-0.05, 0) is 31.0 Å². The summed E-state index contributed by atoms with van der Waals surface area (Å²) < 4.78 is 36.4. The smallest absolute Gasteiger partial charge is 0.152 e. The predicted molar refractivity (Wildman–Crippen MR) is 72.0 cm³/mol. The molecule has 1 heterocycles. The Bertz CT molecular complexity index is 663. The average Bonchev–Trinajstić information content (AvgIpc) is 2.66. The van der Waals surface area contributed by atoms with E-state index < -0.39 is 26.7 Å². The van der Waals surface area contributed by atoms with Gasteiger partial charge in [-0.1, -0.05) is 12.1 Å². The van der Waals surface area contributed by atoms with Gasteiger partial charge in [0.25, 0.3) is 0 Å². The van der Waals surface area contributed by atoms with Crippen LogP contribution in [0.5, 0.6) is 0 Å². The molecule has 2 unspecified atom stereocenters. The van der Waals surface area contributed by atoms with Crippen molar-refractivity contribution in [2.24, 2.45) is 5.41 Å². The zero-order valence-electron chi connectivity index (χ0n) is 11.1. The summed E-state index contributed by atoms with van der Waals surface area (Å²) in [6, 6.07) is 7.72. The normalized spacial score (nSPS) is 27.7. The monoisotopic (exact) mass is 297 g/mol. The molecule has 1 aromatic rings. The zero-order chi connectivity index (χ0) is 15.0. The maximum absolute atomic E-state index is 13.2. The molecule has 6 heteroatoms. The Morgan fingerprint density at radius 1 is 1.55 bits per heavy atom. The molecule has 20 heavy (non-hydrogen) atoms. The third kappa shape index (κ3) is 2.69. The van der Waals surface area contributed by atoms with E-state index in [1.54, 1.807) is 6.07 Å². The summed E-state index contributed by atoms with van der Waals surface area (Å²) in [4.78, 5) is 0. The summed E-state index contributed by atoms with van der Waals surface area (Å²) in [6.07, 6.45) is 0.141. The Kier molecular flexibility index (Phi) is 3.61. The first-order chi connectivity index (χ1) is 9.20. The highest BCUT2D eigenvalue weighted by molar-refractivity contribution is 7.91. The largest absolute Gasteiger partial charge is 0.388 e. The Balaban J connectivity index is 2.32. The van der Waals surface area contributed by atoms with Crippen LogP contribution in [0.15, 0.2) is 24.3 Å². The van der Waals surface area contributed by atoms with Crippen molar-refractivity contribution >= 4 is 9.84 Å². The molecule has 108 valence electrons. The molecule has 0 saturated carbocycles. The minimum absolute atomic E-state index is 0.0356. The van der Waals surface area contributed by atoms with Crippen molar-refractivity contribution in [3.05, 3.63) is 35.6 Å². The van der Waals surface area contributed by atoms with Gasteiger partial charge in [0.15, 0.2) is 9.84 Å². The molecule has 1 fully saturated rings. The van der Waals surface area contributed by atoms with Gasteiger partial charge in [0, 0.05) is 6.42 Å². The first kappa shape index (κ1) is 14.9. The third-order valence-electron chi connectivity index (χ3n) is 3.99. The van der Waals surface area contributed by atoms with Gasteiger partial charge < -0.3 is 5.11 Å². The topological polar surface area (TPSA) is 78.2 Å². The Morgan fingerprint density at radius 2 is 2.25 bits per heavy atom. The van der Waals surface area contributed by atoms with Crippen LogP contribution in [0.3, 0.4) is 0 Å². The van der Waals surface area contributed by atoms with E-state index in [1.807, 2.05) is 6.07 Å². The molecule has 2 atom stereocenters. The number of aliphatic hydroxyl groups is 1. The standard InChI is InChI=1S/C14H16FNO3S/c1-13(17,8-11-3-2-4-12(15)7-11)14(9-16)5-6-20(18,19)10-14/h2-4,7,17H,5-6,8,10H2,1H3. The second-order valence-corrected chi connectivity index (χ2v) is 7.80. The van der Waals surface area contributed by atoms with Crippen molar-refractivity contribution in [2.45, 2.75) is 25.4 Å². The van der Waals surface area contributed by atoms with Crippen LogP contribution in [0.4, 0.5) is 4.39 Å². The number of nitriles is 1. The van der Waals surface area contributed by atoms with Crippen molar-refractivity contribution in [3.63, 3.8) is 0 Å². The lowest BCUT2D eigenvalue weighted by Gasteiger charge is -2.36. The van der Waals surface area contributed by atoms with Gasteiger partial charge in [-0.15, -0.1) is 0 Å². The fourth-order valence-corrected chi connectivity index (χ4v) is 4.77. The SMILES string of the molecule is CC(O)(Cc1cccc(F)c1)C1(C#N)CCS(=O)(=O)C1. The van der Waals surface area contributed by atoms with Crippen molar-refractivity contribution in [1.82, 2.24) is 0 Å². The number of nitrogens with zero attached hydrogens (tertiary/aromatic N) is 1. The predicted octanol–water partition coefficient (Wildman–Crippen LogP) is 1.45. The van der Waals surface area contributed by atoms with Crippen molar-refractivity contribution in [3.8, 4) is 6.07 Å². The molecule has 2 rings (SSSR count). The van der Waals surface area contributed by atoms with Crippen LogP contribution < -0.4 is 0 Å². The molecule has 1 saturated heterocycles. The van der Waals surface area contributed by atoms with E-state index in [1.165, 1.54) is 25.1 Å². The maximum atomic E-state index is 13.2. The van der Waals surface area contributed by atoms with E-state index in [0.717, 1.165) is 0 Å². The van der Waals surface area contributed by atoms with Crippen molar-refractivity contribution in [2.75, 3.05) is 11.5 Å². The van der Waals surface area contributed by atoms with Crippen LogP contribution in [0, 0.1) is 22.6 Å². The van der Waals surface area contributed by atoms with Crippen LogP contribution in [0.1, 0.15) is 18.9 Å². The minimum atomic E-state index is -3.31. The van der Waals surface area contributed by atoms with E-state index in [0.29, 0.717) is 5.56 Å². The van der Waals surface area contributed by atoms with Gasteiger partial charge in [0.05, 0.1) is 23.2 Å². The molecule has 0 spiro atoms. The number of rotatable bonds is 3. The Hall–Kier alpha value is -1.45. The molecule has 0 aromatic heterocycles. The number of hydrogen-bond acceptors (Lipinski definition) is 4. The molecular formula is C14H16FNO3S. The first-order valence-corrected chi connectivity index (χ1v) is 8.10. The quantitative estimate of drug-likeness (QED) is 0.916. The lowest BCUT2D eigenvalue weighted by molar-refractivity contribution is -0.0262. The van der Waals surface area contributed by atoms with Gasteiger partial charge in [-0.2, -0.15) is 5.26 Å². The number of sulfone groups is 1. The fraction of sp³-hybridized carbons (Fsp3) is 0.500. The second kappa shape index (κ2) is 4.83. The number of hydrogen-bond donors (Lipinski definition) is 1. The molecule has 1 aliphatic heterocycles. The van der Waals surface area contributed by atoms with Gasteiger partial charge >= 0.3 is 0 Å². The summed E-state index contributed by atoms with van der Waals surface area (Å²) >= 11 is 0. The summed E-state index contributed by atoms with van der Waals surface area (Å²) in [6.45, 7) is 1.45. The van der Waals surface area contributed by atoms with E-state index >= 15 is 0 Å². The molecular weight excluding hydrogens is 281 g/mol. The van der Waals surface area contributed by atoms with Crippen LogP contribution in [-0.2, 0) is 16.3 Å². The van der Waals surface area contributed by atoms with Crippen LogP contribution in [-0.4, -0.2) is 30.6 Å². The number of halogens is 1. The van der Waals surface area contributed by atoms with E-state index in [-0.39, 0.29) is 24.3 Å². The molecule has 1 N–H and O–H groups in total. The van der Waals surface area contributed by atoms with Crippen LogP contribution >= 0.6 is 0 Å². The molecule has 4 nitrogen and oxygen atoms in total. The number of benzene rings is 1. The highest BCUT2D eigenvalue weighted by Gasteiger charge is 2.54. The highest BCUT2D eigenvalue weighted by atomic mass is 32.2. The second-order valence-electron chi connectivity index (χ2n) is 5.62. The molecule has 1 aromatic carbocycles. The van der Waals surface area contributed by atoms with Gasteiger partial charge in [-0.25, -0.2) is 12.8 Å². The van der Waals surface area contributed by atoms with Crippen molar-refractivity contribution < 1.29 is 17.9 Å². The molecule has 0 radical (unpaired) electrons. The lowest BCUT2D eigenvalue weighted by atomic mass is 9.70. The lowest BCUT2D eigenvalue weighted by Crippen LogP contribution is -2.47.